The van der Waals surface area contributed by atoms with Crippen LogP contribution in [0.3, 0.4) is 0 Å². The number of para-hydroxylation sites is 1. The van der Waals surface area contributed by atoms with Gasteiger partial charge in [-0.3, -0.25) is 19.0 Å². The first kappa shape index (κ1) is 19.8. The molecule has 7 heteroatoms. The molecule has 144 valence electrons. The Hall–Kier alpha value is -2.93. The summed E-state index contributed by atoms with van der Waals surface area (Å²) >= 11 is 1.21. The van der Waals surface area contributed by atoms with Crippen LogP contribution in [-0.2, 0) is 16.1 Å². The number of rotatable bonds is 7. The Balaban J connectivity index is 1.97. The van der Waals surface area contributed by atoms with E-state index in [4.69, 9.17) is 0 Å². The van der Waals surface area contributed by atoms with E-state index >= 15 is 0 Å². The largest absolute Gasteiger partial charge is 0.469 e. The summed E-state index contributed by atoms with van der Waals surface area (Å²) in [7, 11) is 1.31. The SMILES string of the molecule is COC(=O)CCn1c(S[C@@H](C)C(=O)c2ccccc2)nc2ccccc2c1=O. The second-order valence-electron chi connectivity index (χ2n) is 6.18. The lowest BCUT2D eigenvalue weighted by molar-refractivity contribution is -0.140. The Bertz CT molecular complexity index is 1060. The molecule has 3 rings (SSSR count). The predicted molar refractivity (Wildman–Crippen MR) is 109 cm³/mol. The van der Waals surface area contributed by atoms with E-state index in [1.807, 2.05) is 18.2 Å². The van der Waals surface area contributed by atoms with E-state index in [9.17, 15) is 14.4 Å². The van der Waals surface area contributed by atoms with Crippen molar-refractivity contribution >= 4 is 34.4 Å². The zero-order chi connectivity index (χ0) is 20.1. The highest BCUT2D eigenvalue weighted by atomic mass is 32.2. The van der Waals surface area contributed by atoms with Crippen molar-refractivity contribution in [3.05, 3.63) is 70.5 Å². The molecule has 0 amide bonds. The number of carbonyl (C=O) groups excluding carboxylic acids is 2. The lowest BCUT2D eigenvalue weighted by Crippen LogP contribution is -2.26. The molecule has 1 aromatic heterocycles. The van der Waals surface area contributed by atoms with Gasteiger partial charge in [0.15, 0.2) is 10.9 Å². The van der Waals surface area contributed by atoms with Crippen LogP contribution in [0.15, 0.2) is 64.5 Å². The van der Waals surface area contributed by atoms with Crippen LogP contribution in [0.1, 0.15) is 23.7 Å². The van der Waals surface area contributed by atoms with Gasteiger partial charge in [-0.05, 0) is 19.1 Å². The number of carbonyl (C=O) groups is 2. The minimum Gasteiger partial charge on any atom is -0.469 e. The number of esters is 1. The number of methoxy groups -OCH3 is 1. The fourth-order valence-corrected chi connectivity index (χ4v) is 3.80. The molecule has 0 N–H and O–H groups in total. The van der Waals surface area contributed by atoms with Gasteiger partial charge in [-0.15, -0.1) is 0 Å². The van der Waals surface area contributed by atoms with Crippen LogP contribution in [0, 0.1) is 0 Å². The molecular formula is C21H20N2O4S. The fraction of sp³-hybridized carbons (Fsp3) is 0.238. The van der Waals surface area contributed by atoms with Gasteiger partial charge >= 0.3 is 5.97 Å². The molecule has 0 aliphatic carbocycles. The van der Waals surface area contributed by atoms with Crippen LogP contribution in [0.25, 0.3) is 10.9 Å². The lowest BCUT2D eigenvalue weighted by Gasteiger charge is -2.15. The second-order valence-corrected chi connectivity index (χ2v) is 7.49. The maximum atomic E-state index is 12.9. The van der Waals surface area contributed by atoms with Crippen molar-refractivity contribution in [2.24, 2.45) is 0 Å². The van der Waals surface area contributed by atoms with Crippen LogP contribution >= 0.6 is 11.8 Å². The van der Waals surface area contributed by atoms with E-state index < -0.39 is 11.2 Å². The van der Waals surface area contributed by atoms with E-state index in [2.05, 4.69) is 9.72 Å². The fourth-order valence-electron chi connectivity index (χ4n) is 2.79. The second kappa shape index (κ2) is 8.84. The quantitative estimate of drug-likeness (QED) is 0.264. The van der Waals surface area contributed by atoms with Crippen LogP contribution in [0.4, 0.5) is 0 Å². The number of Topliss-reactive ketones (excluding diaryl/α,β-unsaturated/α-hetero) is 1. The zero-order valence-electron chi connectivity index (χ0n) is 15.6. The maximum Gasteiger partial charge on any atom is 0.307 e. The summed E-state index contributed by atoms with van der Waals surface area (Å²) in [4.78, 5) is 41.8. The molecule has 0 unspecified atom stereocenters. The molecular weight excluding hydrogens is 376 g/mol. The van der Waals surface area contributed by atoms with Gasteiger partial charge in [0.25, 0.3) is 5.56 Å². The summed E-state index contributed by atoms with van der Waals surface area (Å²) in [6.07, 6.45) is 0.0466. The van der Waals surface area contributed by atoms with Gasteiger partial charge in [-0.1, -0.05) is 54.2 Å². The van der Waals surface area contributed by atoms with E-state index in [1.165, 1.54) is 23.4 Å². The van der Waals surface area contributed by atoms with Crippen molar-refractivity contribution in [2.75, 3.05) is 7.11 Å². The third-order valence-corrected chi connectivity index (χ3v) is 5.39. The Kier molecular flexibility index (Phi) is 6.26. The molecule has 0 fully saturated rings. The highest BCUT2D eigenvalue weighted by molar-refractivity contribution is 8.00. The van der Waals surface area contributed by atoms with Crippen molar-refractivity contribution in [3.8, 4) is 0 Å². The number of ether oxygens (including phenoxy) is 1. The Morgan fingerprint density at radius 2 is 1.79 bits per heavy atom. The van der Waals surface area contributed by atoms with Crippen LogP contribution in [0.5, 0.6) is 0 Å². The third kappa shape index (κ3) is 4.31. The molecule has 1 heterocycles. The first-order chi connectivity index (χ1) is 13.5. The monoisotopic (exact) mass is 396 g/mol. The minimum atomic E-state index is -0.445. The zero-order valence-corrected chi connectivity index (χ0v) is 16.4. The normalized spacial score (nSPS) is 11.9. The van der Waals surface area contributed by atoms with Crippen molar-refractivity contribution in [2.45, 2.75) is 30.3 Å². The Morgan fingerprint density at radius 3 is 2.50 bits per heavy atom. The summed E-state index contributed by atoms with van der Waals surface area (Å²) < 4.78 is 6.12. The highest BCUT2D eigenvalue weighted by Gasteiger charge is 2.21. The average molecular weight is 396 g/mol. The van der Waals surface area contributed by atoms with Gasteiger partial charge < -0.3 is 4.74 Å². The minimum absolute atomic E-state index is 0.0466. The van der Waals surface area contributed by atoms with E-state index in [0.29, 0.717) is 21.6 Å². The Morgan fingerprint density at radius 1 is 1.11 bits per heavy atom. The van der Waals surface area contributed by atoms with Gasteiger partial charge in [0.1, 0.15) is 0 Å². The standard InChI is InChI=1S/C21H20N2O4S/c1-14(19(25)15-8-4-3-5-9-15)28-21-22-17-11-7-6-10-16(17)20(26)23(21)13-12-18(24)27-2/h3-11,14H,12-13H2,1-2H3/t14-/m0/s1. The number of thioether (sulfide) groups is 1. The molecule has 2 aromatic carbocycles. The molecule has 3 aromatic rings. The average Bonchev–Trinajstić information content (AvgIpc) is 2.73. The van der Waals surface area contributed by atoms with Gasteiger partial charge in [-0.25, -0.2) is 4.98 Å². The molecule has 0 saturated heterocycles. The summed E-state index contributed by atoms with van der Waals surface area (Å²) in [5.74, 6) is -0.461. The first-order valence-electron chi connectivity index (χ1n) is 8.83. The number of nitrogens with zero attached hydrogens (tertiary/aromatic N) is 2. The molecule has 0 aliphatic rings. The van der Waals surface area contributed by atoms with Crippen LogP contribution in [0.2, 0.25) is 0 Å². The topological polar surface area (TPSA) is 78.3 Å². The van der Waals surface area contributed by atoms with Crippen molar-refractivity contribution in [1.82, 2.24) is 9.55 Å². The van der Waals surface area contributed by atoms with Crippen molar-refractivity contribution in [3.63, 3.8) is 0 Å². The van der Waals surface area contributed by atoms with Gasteiger partial charge in [0.2, 0.25) is 0 Å². The smallest absolute Gasteiger partial charge is 0.307 e. The number of ketones is 1. The molecule has 1 atom stereocenters. The van der Waals surface area contributed by atoms with Crippen molar-refractivity contribution in [1.29, 1.82) is 0 Å². The first-order valence-corrected chi connectivity index (χ1v) is 9.71. The summed E-state index contributed by atoms with van der Waals surface area (Å²) in [5.41, 5.74) is 0.923. The van der Waals surface area contributed by atoms with Gasteiger partial charge in [0.05, 0.1) is 29.7 Å². The molecule has 0 aliphatic heterocycles. The molecule has 0 spiro atoms. The third-order valence-electron chi connectivity index (χ3n) is 4.30. The van der Waals surface area contributed by atoms with Crippen LogP contribution in [-0.4, -0.2) is 33.7 Å². The predicted octanol–water partition coefficient (Wildman–Crippen LogP) is 3.32. The lowest BCUT2D eigenvalue weighted by atomic mass is 10.1. The number of benzene rings is 2. The number of aromatic nitrogens is 2. The molecule has 0 bridgehead atoms. The molecule has 0 saturated carbocycles. The highest BCUT2D eigenvalue weighted by Crippen LogP contribution is 2.25. The molecule has 6 nitrogen and oxygen atoms in total. The summed E-state index contributed by atoms with van der Waals surface area (Å²) in [6, 6.07) is 16.0. The van der Waals surface area contributed by atoms with Gasteiger partial charge in [-0.2, -0.15) is 0 Å². The van der Waals surface area contributed by atoms with E-state index in [-0.39, 0.29) is 24.3 Å². The van der Waals surface area contributed by atoms with Crippen molar-refractivity contribution < 1.29 is 14.3 Å². The Labute approximate surface area is 166 Å². The summed E-state index contributed by atoms with van der Waals surface area (Å²) in [5, 5.41) is 0.433. The number of hydrogen-bond donors (Lipinski definition) is 0. The summed E-state index contributed by atoms with van der Waals surface area (Å²) in [6.45, 7) is 1.92. The van der Waals surface area contributed by atoms with E-state index in [0.717, 1.165) is 0 Å². The maximum absolute atomic E-state index is 12.9. The number of fused-ring (bicyclic) bond motifs is 1. The van der Waals surface area contributed by atoms with Gasteiger partial charge in [0, 0.05) is 12.1 Å². The molecule has 28 heavy (non-hydrogen) atoms. The van der Waals surface area contributed by atoms with Crippen LogP contribution < -0.4 is 5.56 Å². The molecule has 0 radical (unpaired) electrons. The van der Waals surface area contributed by atoms with E-state index in [1.54, 1.807) is 43.3 Å². The number of hydrogen-bond acceptors (Lipinski definition) is 6.